The molecule has 5 rings (SSSR count). The zero-order valence-corrected chi connectivity index (χ0v) is 17.0. The number of carbonyl (C=O) groups is 1. The lowest BCUT2D eigenvalue weighted by atomic mass is 9.82. The maximum atomic E-state index is 13.3. The highest BCUT2D eigenvalue weighted by Gasteiger charge is 2.37. The average molecular weight is 407 g/mol. The first-order chi connectivity index (χ1) is 14.1. The number of pyridine rings is 1. The van der Waals surface area contributed by atoms with Gasteiger partial charge in [0.05, 0.1) is 12.0 Å². The monoisotopic (exact) mass is 406 g/mol. The number of hydrogen-bond acceptors (Lipinski definition) is 4. The van der Waals surface area contributed by atoms with Crippen LogP contribution in [0.2, 0.25) is 0 Å². The lowest BCUT2D eigenvalue weighted by Gasteiger charge is -2.42. The molecule has 1 amide bonds. The number of ether oxygens (including phenoxy) is 1. The first-order valence-electron chi connectivity index (χ1n) is 9.85. The maximum absolute atomic E-state index is 13.3. The highest BCUT2D eigenvalue weighted by molar-refractivity contribution is 7.12. The van der Waals surface area contributed by atoms with Crippen molar-refractivity contribution < 1.29 is 9.53 Å². The minimum absolute atomic E-state index is 0.0559. The van der Waals surface area contributed by atoms with E-state index in [1.165, 1.54) is 11.3 Å². The van der Waals surface area contributed by atoms with E-state index >= 15 is 0 Å². The second-order valence-corrected chi connectivity index (χ2v) is 8.75. The van der Waals surface area contributed by atoms with Crippen LogP contribution in [0.3, 0.4) is 0 Å². The molecule has 1 saturated heterocycles. The average Bonchev–Trinajstić information content (AvgIpc) is 3.29. The molecule has 2 atom stereocenters. The lowest BCUT2D eigenvalue weighted by molar-refractivity contribution is 0.0599. The normalized spacial score (nSPS) is 20.2. The van der Waals surface area contributed by atoms with Gasteiger partial charge in [0, 0.05) is 36.8 Å². The Hall–Kier alpha value is -2.86. The van der Waals surface area contributed by atoms with Gasteiger partial charge < -0.3 is 14.2 Å². The van der Waals surface area contributed by atoms with Crippen LogP contribution in [0.15, 0.2) is 58.7 Å². The predicted octanol–water partition coefficient (Wildman–Crippen LogP) is 3.84. The third kappa shape index (κ3) is 3.17. The molecule has 2 aromatic heterocycles. The van der Waals surface area contributed by atoms with Crippen molar-refractivity contribution in [2.24, 2.45) is 5.92 Å². The molecule has 1 aromatic carbocycles. The molecule has 1 fully saturated rings. The Balaban J connectivity index is 1.46. The van der Waals surface area contributed by atoms with E-state index in [1.807, 2.05) is 57.3 Å². The van der Waals surface area contributed by atoms with Gasteiger partial charge in [-0.05, 0) is 53.6 Å². The van der Waals surface area contributed by atoms with Crippen molar-refractivity contribution in [3.8, 4) is 16.9 Å². The molecule has 2 bridgehead atoms. The van der Waals surface area contributed by atoms with Crippen LogP contribution < -0.4 is 10.3 Å². The fraction of sp³-hybridized carbons (Fsp3) is 0.304. The van der Waals surface area contributed by atoms with Gasteiger partial charge in [-0.3, -0.25) is 9.59 Å². The maximum Gasteiger partial charge on any atom is 0.263 e. The second-order valence-electron chi connectivity index (χ2n) is 7.80. The minimum atomic E-state index is 0.0559. The summed E-state index contributed by atoms with van der Waals surface area (Å²) in [5, 5.41) is 1.94. The van der Waals surface area contributed by atoms with E-state index in [0.29, 0.717) is 31.1 Å². The van der Waals surface area contributed by atoms with E-state index in [9.17, 15) is 9.59 Å². The molecule has 4 heterocycles. The number of benzene rings is 1. The van der Waals surface area contributed by atoms with Crippen LogP contribution in [0.5, 0.6) is 5.75 Å². The second kappa shape index (κ2) is 7.19. The molecule has 29 heavy (non-hydrogen) atoms. The van der Waals surface area contributed by atoms with Crippen molar-refractivity contribution in [1.29, 1.82) is 0 Å². The van der Waals surface area contributed by atoms with Crippen molar-refractivity contribution >= 4 is 17.2 Å². The Morgan fingerprint density at radius 2 is 1.90 bits per heavy atom. The number of likely N-dealkylation sites (tertiary alicyclic amines) is 1. The van der Waals surface area contributed by atoms with Crippen LogP contribution in [0, 0.1) is 5.92 Å². The summed E-state index contributed by atoms with van der Waals surface area (Å²) < 4.78 is 7.15. The first-order valence-corrected chi connectivity index (χ1v) is 10.7. The number of rotatable bonds is 3. The Morgan fingerprint density at radius 3 is 2.62 bits per heavy atom. The topological polar surface area (TPSA) is 51.5 Å². The van der Waals surface area contributed by atoms with Gasteiger partial charge in [0.1, 0.15) is 5.75 Å². The molecule has 0 saturated carbocycles. The van der Waals surface area contributed by atoms with Crippen LogP contribution in [-0.4, -0.2) is 35.6 Å². The van der Waals surface area contributed by atoms with Crippen LogP contribution in [0.4, 0.5) is 0 Å². The largest absolute Gasteiger partial charge is 0.497 e. The number of nitrogens with zero attached hydrogens (tertiary/aromatic N) is 2. The Morgan fingerprint density at radius 1 is 1.07 bits per heavy atom. The molecule has 3 aromatic rings. The highest BCUT2D eigenvalue weighted by atomic mass is 32.1. The molecule has 2 aliphatic rings. The molecular weight excluding hydrogens is 384 g/mol. The number of carbonyl (C=O) groups excluding carboxylic acids is 1. The first kappa shape index (κ1) is 18.2. The summed E-state index contributed by atoms with van der Waals surface area (Å²) in [6.07, 6.45) is 1.04. The van der Waals surface area contributed by atoms with E-state index in [-0.39, 0.29) is 17.4 Å². The minimum Gasteiger partial charge on any atom is -0.497 e. The SMILES string of the molecule is COc1ccc(-c2ccc3n(c2=O)C[C@H]2C[C@@H]3CN(C(=O)c3cccs3)C2)cc1. The van der Waals surface area contributed by atoms with E-state index in [1.54, 1.807) is 7.11 Å². The number of thiophene rings is 1. The van der Waals surface area contributed by atoms with Crippen molar-refractivity contribution in [2.75, 3.05) is 20.2 Å². The fourth-order valence-electron chi connectivity index (χ4n) is 4.66. The highest BCUT2D eigenvalue weighted by Crippen LogP contribution is 2.36. The van der Waals surface area contributed by atoms with E-state index in [4.69, 9.17) is 4.74 Å². The zero-order valence-electron chi connectivity index (χ0n) is 16.2. The van der Waals surface area contributed by atoms with Gasteiger partial charge in [-0.1, -0.05) is 18.2 Å². The Kier molecular flexibility index (Phi) is 4.51. The summed E-state index contributed by atoms with van der Waals surface area (Å²) in [5.74, 6) is 1.41. The number of fused-ring (bicyclic) bond motifs is 4. The van der Waals surface area contributed by atoms with Gasteiger partial charge in [0.15, 0.2) is 0 Å². The predicted molar refractivity (Wildman–Crippen MR) is 114 cm³/mol. The van der Waals surface area contributed by atoms with E-state index < -0.39 is 0 Å². The molecular formula is C23H22N2O3S. The lowest BCUT2D eigenvalue weighted by Crippen LogP contribution is -2.49. The number of amides is 1. The summed E-state index contributed by atoms with van der Waals surface area (Å²) in [4.78, 5) is 28.8. The zero-order chi connectivity index (χ0) is 20.0. The van der Waals surface area contributed by atoms with Gasteiger partial charge >= 0.3 is 0 Å². The van der Waals surface area contributed by atoms with Gasteiger partial charge in [0.2, 0.25) is 0 Å². The summed E-state index contributed by atoms with van der Waals surface area (Å²) in [5.41, 5.74) is 2.71. The quantitative estimate of drug-likeness (QED) is 0.664. The summed E-state index contributed by atoms with van der Waals surface area (Å²) >= 11 is 1.49. The van der Waals surface area contributed by atoms with Crippen molar-refractivity contribution in [3.63, 3.8) is 0 Å². The number of aromatic nitrogens is 1. The van der Waals surface area contributed by atoms with Gasteiger partial charge in [-0.2, -0.15) is 0 Å². The molecule has 0 radical (unpaired) electrons. The van der Waals surface area contributed by atoms with Gasteiger partial charge in [-0.15, -0.1) is 11.3 Å². The number of piperidine rings is 1. The molecule has 0 aliphatic carbocycles. The van der Waals surface area contributed by atoms with Gasteiger partial charge in [0.25, 0.3) is 11.5 Å². The van der Waals surface area contributed by atoms with Crippen LogP contribution in [-0.2, 0) is 6.54 Å². The Labute approximate surface area is 173 Å². The van der Waals surface area contributed by atoms with E-state index in [0.717, 1.165) is 28.3 Å². The molecule has 6 heteroatoms. The third-order valence-electron chi connectivity index (χ3n) is 6.02. The summed E-state index contributed by atoms with van der Waals surface area (Å²) in [7, 11) is 1.63. The number of hydrogen-bond donors (Lipinski definition) is 0. The van der Waals surface area contributed by atoms with Crippen LogP contribution >= 0.6 is 11.3 Å². The molecule has 0 N–H and O–H groups in total. The van der Waals surface area contributed by atoms with Gasteiger partial charge in [-0.25, -0.2) is 0 Å². The Bertz CT molecular complexity index is 1100. The molecule has 0 spiro atoms. The third-order valence-corrected chi connectivity index (χ3v) is 6.88. The van der Waals surface area contributed by atoms with E-state index in [2.05, 4.69) is 6.07 Å². The summed E-state index contributed by atoms with van der Waals surface area (Å²) in [6, 6.07) is 15.4. The molecule has 5 nitrogen and oxygen atoms in total. The number of methoxy groups -OCH3 is 1. The van der Waals surface area contributed by atoms with Crippen LogP contribution in [0.25, 0.3) is 11.1 Å². The van der Waals surface area contributed by atoms with Crippen LogP contribution in [0.1, 0.15) is 27.7 Å². The molecule has 148 valence electrons. The fourth-order valence-corrected chi connectivity index (χ4v) is 5.35. The molecule has 0 unspecified atom stereocenters. The summed E-state index contributed by atoms with van der Waals surface area (Å²) in [6.45, 7) is 2.06. The van der Waals surface area contributed by atoms with Crippen molar-refractivity contribution in [3.05, 3.63) is 74.8 Å². The smallest absolute Gasteiger partial charge is 0.263 e. The standard InChI is InChI=1S/C23H22N2O3S/c1-28-18-6-4-16(5-7-18)19-8-9-20-17-11-15(13-25(20)22(19)26)12-24(14-17)23(27)21-3-2-10-29-21/h2-10,15,17H,11-14H2,1H3/t15-,17+/m0/s1. The molecule has 2 aliphatic heterocycles. The van der Waals surface area contributed by atoms with Crippen molar-refractivity contribution in [1.82, 2.24) is 9.47 Å². The van der Waals surface area contributed by atoms with Crippen molar-refractivity contribution in [2.45, 2.75) is 18.9 Å².